The Hall–Kier alpha value is -3.37. The molecule has 4 rings (SSSR count). The molecule has 0 fully saturated rings. The lowest BCUT2D eigenvalue weighted by Crippen LogP contribution is -2.26. The van der Waals surface area contributed by atoms with Crippen molar-refractivity contribution in [3.8, 4) is 11.5 Å². The molecule has 2 heterocycles. The number of carbonyl (C=O) groups excluding carboxylic acids is 1. The van der Waals surface area contributed by atoms with E-state index in [-0.39, 0.29) is 11.9 Å². The third kappa shape index (κ3) is 5.18. The summed E-state index contributed by atoms with van der Waals surface area (Å²) in [5.74, 6) is 1.01. The topological polar surface area (TPSA) is 97.3 Å². The molecule has 1 aliphatic rings. The van der Waals surface area contributed by atoms with Crippen molar-refractivity contribution in [1.29, 1.82) is 0 Å². The Morgan fingerprint density at radius 3 is 2.42 bits per heavy atom. The van der Waals surface area contributed by atoms with Gasteiger partial charge in [0.1, 0.15) is 11.5 Å². The zero-order valence-corrected chi connectivity index (χ0v) is 19.9. The molecular weight excluding hydrogens is 462 g/mol. The molecule has 1 unspecified atom stereocenters. The first-order chi connectivity index (χ1) is 15.8. The molecule has 10 heteroatoms. The Labute approximate surface area is 196 Å². The van der Waals surface area contributed by atoms with Gasteiger partial charge in [-0.25, -0.2) is 13.4 Å². The van der Waals surface area contributed by atoms with Crippen LogP contribution in [0.4, 0.5) is 5.69 Å². The van der Waals surface area contributed by atoms with Gasteiger partial charge in [0.15, 0.2) is 0 Å². The van der Waals surface area contributed by atoms with Gasteiger partial charge in [-0.05, 0) is 46.8 Å². The van der Waals surface area contributed by atoms with Crippen LogP contribution in [0.5, 0.6) is 11.5 Å². The smallest absolute Gasteiger partial charge is 0.284 e. The standard InChI is InChI=1S/C23H23N3O5S2/c1-30-18-11-16(12-19(13-18)31-2)21-14-20(24-26(21)23(27)22-8-5-9-32-22)15-6-4-7-17(10-15)25-33(3,28)29/h4-13,21,25H,14H2,1-3H3. The first-order valence-electron chi connectivity index (χ1n) is 10.0. The molecule has 0 aliphatic carbocycles. The van der Waals surface area contributed by atoms with E-state index >= 15 is 0 Å². The van der Waals surface area contributed by atoms with E-state index in [1.807, 2.05) is 29.6 Å². The molecule has 33 heavy (non-hydrogen) atoms. The number of sulfonamides is 1. The van der Waals surface area contributed by atoms with Gasteiger partial charge in [-0.1, -0.05) is 18.2 Å². The van der Waals surface area contributed by atoms with Crippen LogP contribution in [0.2, 0.25) is 0 Å². The Bertz CT molecular complexity index is 1280. The highest BCUT2D eigenvalue weighted by Crippen LogP contribution is 2.38. The Morgan fingerprint density at radius 1 is 1.09 bits per heavy atom. The Kier molecular flexibility index (Phi) is 6.39. The summed E-state index contributed by atoms with van der Waals surface area (Å²) in [6.45, 7) is 0. The second kappa shape index (κ2) is 9.24. The average molecular weight is 486 g/mol. The largest absolute Gasteiger partial charge is 0.497 e. The van der Waals surface area contributed by atoms with Crippen molar-refractivity contribution in [1.82, 2.24) is 5.01 Å². The third-order valence-electron chi connectivity index (χ3n) is 5.11. The minimum absolute atomic E-state index is 0.211. The number of hydrogen-bond donors (Lipinski definition) is 1. The maximum Gasteiger partial charge on any atom is 0.284 e. The number of hydrazone groups is 1. The number of amides is 1. The summed E-state index contributed by atoms with van der Waals surface area (Å²) in [6, 6.07) is 15.7. The maximum absolute atomic E-state index is 13.3. The number of rotatable bonds is 7. The van der Waals surface area contributed by atoms with Crippen LogP contribution in [-0.2, 0) is 10.0 Å². The number of hydrogen-bond acceptors (Lipinski definition) is 7. The van der Waals surface area contributed by atoms with Crippen molar-refractivity contribution in [3.05, 3.63) is 76.0 Å². The van der Waals surface area contributed by atoms with Crippen LogP contribution in [0, 0.1) is 0 Å². The van der Waals surface area contributed by atoms with E-state index in [4.69, 9.17) is 9.47 Å². The Balaban J connectivity index is 1.75. The zero-order chi connectivity index (χ0) is 23.6. The second-order valence-electron chi connectivity index (χ2n) is 7.49. The van der Waals surface area contributed by atoms with E-state index in [2.05, 4.69) is 9.82 Å². The molecule has 2 aromatic carbocycles. The fourth-order valence-electron chi connectivity index (χ4n) is 3.64. The molecule has 0 radical (unpaired) electrons. The second-order valence-corrected chi connectivity index (χ2v) is 10.2. The van der Waals surface area contributed by atoms with Gasteiger partial charge in [0, 0.05) is 18.2 Å². The van der Waals surface area contributed by atoms with Crippen LogP contribution in [0.1, 0.15) is 33.3 Å². The number of thiophene rings is 1. The van der Waals surface area contributed by atoms with Crippen molar-refractivity contribution in [2.24, 2.45) is 5.10 Å². The molecule has 8 nitrogen and oxygen atoms in total. The molecular formula is C23H23N3O5S2. The highest BCUT2D eigenvalue weighted by molar-refractivity contribution is 7.92. The van der Waals surface area contributed by atoms with E-state index in [1.54, 1.807) is 44.6 Å². The summed E-state index contributed by atoms with van der Waals surface area (Å²) in [4.78, 5) is 13.9. The molecule has 0 spiro atoms. The van der Waals surface area contributed by atoms with E-state index in [1.165, 1.54) is 16.3 Å². The molecule has 3 aromatic rings. The van der Waals surface area contributed by atoms with Gasteiger partial charge in [-0.15, -0.1) is 11.3 Å². The number of nitrogens with zero attached hydrogens (tertiary/aromatic N) is 2. The van der Waals surface area contributed by atoms with E-state index < -0.39 is 10.0 Å². The first kappa shape index (κ1) is 22.8. The number of ether oxygens (including phenoxy) is 2. The molecule has 1 aromatic heterocycles. The summed E-state index contributed by atoms with van der Waals surface area (Å²) in [7, 11) is -0.274. The van der Waals surface area contributed by atoms with E-state index in [9.17, 15) is 13.2 Å². The summed E-state index contributed by atoms with van der Waals surface area (Å²) in [6.07, 6.45) is 1.54. The van der Waals surface area contributed by atoms with Crippen LogP contribution in [-0.4, -0.2) is 45.5 Å². The number of nitrogens with one attached hydrogen (secondary N) is 1. The lowest BCUT2D eigenvalue weighted by atomic mass is 9.97. The van der Waals surface area contributed by atoms with Gasteiger partial charge < -0.3 is 9.47 Å². The van der Waals surface area contributed by atoms with Gasteiger partial charge in [-0.3, -0.25) is 9.52 Å². The fraction of sp³-hybridized carbons (Fsp3) is 0.217. The summed E-state index contributed by atoms with van der Waals surface area (Å²) < 4.78 is 36.6. The molecule has 1 aliphatic heterocycles. The van der Waals surface area contributed by atoms with Gasteiger partial charge >= 0.3 is 0 Å². The molecule has 0 bridgehead atoms. The summed E-state index contributed by atoms with van der Waals surface area (Å²) >= 11 is 1.35. The van der Waals surface area contributed by atoms with Crippen LogP contribution in [0.15, 0.2) is 65.1 Å². The van der Waals surface area contributed by atoms with Gasteiger partial charge in [0.25, 0.3) is 5.91 Å². The molecule has 1 N–H and O–H groups in total. The fourth-order valence-corrected chi connectivity index (χ4v) is 4.85. The lowest BCUT2D eigenvalue weighted by molar-refractivity contribution is 0.0715. The summed E-state index contributed by atoms with van der Waals surface area (Å²) in [5, 5.41) is 7.99. The van der Waals surface area contributed by atoms with Crippen molar-refractivity contribution >= 4 is 38.7 Å². The molecule has 0 saturated heterocycles. The normalized spacial score (nSPS) is 15.8. The Morgan fingerprint density at radius 2 is 1.82 bits per heavy atom. The SMILES string of the molecule is COc1cc(OC)cc(C2CC(c3cccc(NS(C)(=O)=O)c3)=NN2C(=O)c2cccs2)c1. The molecule has 1 atom stereocenters. The average Bonchev–Trinajstić information content (AvgIpc) is 3.48. The first-order valence-corrected chi connectivity index (χ1v) is 12.8. The number of anilines is 1. The van der Waals surface area contributed by atoms with Crippen molar-refractivity contribution in [3.63, 3.8) is 0 Å². The van der Waals surface area contributed by atoms with Crippen LogP contribution < -0.4 is 14.2 Å². The van der Waals surface area contributed by atoms with Crippen LogP contribution in [0.25, 0.3) is 0 Å². The van der Waals surface area contributed by atoms with Crippen molar-refractivity contribution in [2.75, 3.05) is 25.2 Å². The highest BCUT2D eigenvalue weighted by Gasteiger charge is 2.34. The predicted octanol–water partition coefficient (Wildman–Crippen LogP) is 4.13. The molecule has 1 amide bonds. The third-order valence-corrected chi connectivity index (χ3v) is 6.57. The predicted molar refractivity (Wildman–Crippen MR) is 129 cm³/mol. The molecule has 172 valence electrons. The highest BCUT2D eigenvalue weighted by atomic mass is 32.2. The van der Waals surface area contributed by atoms with Gasteiger partial charge in [0.05, 0.1) is 37.1 Å². The zero-order valence-electron chi connectivity index (χ0n) is 18.3. The van der Waals surface area contributed by atoms with E-state index in [0.717, 1.165) is 17.4 Å². The number of carbonyl (C=O) groups is 1. The van der Waals surface area contributed by atoms with E-state index in [0.29, 0.717) is 34.2 Å². The van der Waals surface area contributed by atoms with Crippen LogP contribution >= 0.6 is 11.3 Å². The summed E-state index contributed by atoms with van der Waals surface area (Å²) in [5.41, 5.74) is 2.65. The molecule has 0 saturated carbocycles. The quantitative estimate of drug-likeness (QED) is 0.543. The number of benzene rings is 2. The minimum atomic E-state index is -3.42. The monoisotopic (exact) mass is 485 g/mol. The van der Waals surface area contributed by atoms with Gasteiger partial charge in [-0.2, -0.15) is 5.10 Å². The van der Waals surface area contributed by atoms with Crippen molar-refractivity contribution < 1.29 is 22.7 Å². The van der Waals surface area contributed by atoms with Crippen molar-refractivity contribution in [2.45, 2.75) is 12.5 Å². The number of methoxy groups -OCH3 is 2. The van der Waals surface area contributed by atoms with Gasteiger partial charge in [0.2, 0.25) is 10.0 Å². The maximum atomic E-state index is 13.3. The van der Waals surface area contributed by atoms with Crippen LogP contribution in [0.3, 0.4) is 0 Å². The lowest BCUT2D eigenvalue weighted by Gasteiger charge is -2.22. The minimum Gasteiger partial charge on any atom is -0.497 e.